The molecule has 0 radical (unpaired) electrons. The van der Waals surface area contributed by atoms with Gasteiger partial charge in [-0.3, -0.25) is 9.59 Å². The molecule has 2 aromatic carbocycles. The van der Waals surface area contributed by atoms with Crippen LogP contribution in [0.2, 0.25) is 20.2 Å². The molecule has 5 nitrogen and oxygen atoms in total. The molecule has 1 aromatic heterocycles. The number of carbonyl (C=O) groups is 2. The van der Waals surface area contributed by atoms with Crippen LogP contribution in [0.15, 0.2) is 54.7 Å². The number of aromatic nitrogens is 1. The van der Waals surface area contributed by atoms with Crippen LogP contribution in [0.1, 0.15) is 21.8 Å². The average molecular weight is 564 g/mol. The first-order valence-electron chi connectivity index (χ1n) is 9.44. The van der Waals surface area contributed by atoms with Gasteiger partial charge in [0.05, 0.1) is 22.2 Å². The minimum atomic E-state index is -1.33. The Bertz CT molecular complexity index is 1250. The summed E-state index contributed by atoms with van der Waals surface area (Å²) in [5.74, 6) is -2.20. The number of amides is 2. The first-order valence-corrected chi connectivity index (χ1v) is 11.7. The number of rotatable bonds is 5. The second kappa shape index (κ2) is 9.49. The molecule has 33 heavy (non-hydrogen) atoms. The van der Waals surface area contributed by atoms with E-state index in [-0.39, 0.29) is 15.7 Å². The number of pyridine rings is 1. The molecule has 11 heteroatoms. The minimum absolute atomic E-state index is 0.131. The molecule has 2 atom stereocenters. The van der Waals surface area contributed by atoms with Crippen molar-refractivity contribution in [1.82, 2.24) is 4.98 Å². The maximum absolute atomic E-state index is 12.9. The fourth-order valence-electron chi connectivity index (χ4n) is 3.49. The van der Waals surface area contributed by atoms with Gasteiger partial charge in [0.25, 0.3) is 5.91 Å². The molecule has 2 N–H and O–H groups in total. The number of anilines is 2. The molecule has 0 bridgehead atoms. The van der Waals surface area contributed by atoms with Crippen LogP contribution in [0.5, 0.6) is 0 Å². The van der Waals surface area contributed by atoms with Gasteiger partial charge in [0.1, 0.15) is 4.33 Å². The summed E-state index contributed by atoms with van der Waals surface area (Å²) in [5.41, 5.74) is 1.45. The summed E-state index contributed by atoms with van der Waals surface area (Å²) in [6.07, 6.45) is 1.50. The molecular weight excluding hydrogens is 551 g/mol. The highest BCUT2D eigenvalue weighted by Crippen LogP contribution is 2.65. The number of hydrogen-bond donors (Lipinski definition) is 2. The lowest BCUT2D eigenvalue weighted by Gasteiger charge is -2.11. The number of alkyl halides is 2. The van der Waals surface area contributed by atoms with Gasteiger partial charge < -0.3 is 10.6 Å². The Hall–Kier alpha value is -1.73. The van der Waals surface area contributed by atoms with Gasteiger partial charge in [-0.25, -0.2) is 4.98 Å². The van der Waals surface area contributed by atoms with Gasteiger partial charge in [0, 0.05) is 27.8 Å². The van der Waals surface area contributed by atoms with Crippen LogP contribution in [-0.4, -0.2) is 21.1 Å². The molecule has 4 rings (SSSR count). The first kappa shape index (κ1) is 24.4. The Morgan fingerprint density at radius 2 is 1.61 bits per heavy atom. The van der Waals surface area contributed by atoms with Gasteiger partial charge in [-0.05, 0) is 54.1 Å². The van der Waals surface area contributed by atoms with Gasteiger partial charge >= 0.3 is 0 Å². The largest absolute Gasteiger partial charge is 0.326 e. The van der Waals surface area contributed by atoms with Crippen LogP contribution < -0.4 is 10.6 Å². The zero-order chi connectivity index (χ0) is 23.9. The van der Waals surface area contributed by atoms with Crippen molar-refractivity contribution in [3.8, 4) is 0 Å². The number of benzene rings is 2. The second-order valence-electron chi connectivity index (χ2n) is 7.31. The van der Waals surface area contributed by atoms with Crippen LogP contribution in [0.25, 0.3) is 0 Å². The molecule has 1 fully saturated rings. The number of hydrogen-bond acceptors (Lipinski definition) is 3. The van der Waals surface area contributed by atoms with Gasteiger partial charge in [-0.2, -0.15) is 0 Å². The predicted molar refractivity (Wildman–Crippen MR) is 134 cm³/mol. The summed E-state index contributed by atoms with van der Waals surface area (Å²) in [6.45, 7) is 0. The van der Waals surface area contributed by atoms with Crippen molar-refractivity contribution >= 4 is 92.8 Å². The fraction of sp³-hybridized carbons (Fsp3) is 0.136. The molecule has 0 saturated heterocycles. The van der Waals surface area contributed by atoms with Crippen LogP contribution in [-0.2, 0) is 4.79 Å². The highest BCUT2D eigenvalue weighted by atomic mass is 35.5. The summed E-state index contributed by atoms with van der Waals surface area (Å²) in [7, 11) is 0. The van der Waals surface area contributed by atoms with Crippen LogP contribution in [0.4, 0.5) is 11.4 Å². The Morgan fingerprint density at radius 3 is 2.27 bits per heavy atom. The number of carbonyl (C=O) groups excluding carboxylic acids is 2. The second-order valence-corrected chi connectivity index (χ2v) is 10.4. The van der Waals surface area contributed by atoms with Gasteiger partial charge in [0.15, 0.2) is 5.15 Å². The van der Waals surface area contributed by atoms with Gasteiger partial charge in [-0.1, -0.05) is 46.4 Å². The molecule has 1 aliphatic carbocycles. The monoisotopic (exact) mass is 561 g/mol. The van der Waals surface area contributed by atoms with E-state index < -0.39 is 28.0 Å². The van der Waals surface area contributed by atoms with E-state index in [1.54, 1.807) is 36.4 Å². The van der Waals surface area contributed by atoms with E-state index in [4.69, 9.17) is 69.6 Å². The lowest BCUT2D eigenvalue weighted by atomic mass is 10.1. The Morgan fingerprint density at radius 1 is 0.909 bits per heavy atom. The summed E-state index contributed by atoms with van der Waals surface area (Å²) in [6, 6.07) is 12.6. The highest BCUT2D eigenvalue weighted by molar-refractivity contribution is 6.53. The lowest BCUT2D eigenvalue weighted by Crippen LogP contribution is -2.18. The molecule has 170 valence electrons. The third-order valence-electron chi connectivity index (χ3n) is 5.07. The normalized spacial score (nSPS) is 18.5. The van der Waals surface area contributed by atoms with E-state index in [9.17, 15) is 9.59 Å². The van der Waals surface area contributed by atoms with Gasteiger partial charge in [0.2, 0.25) is 5.91 Å². The molecule has 0 aliphatic heterocycles. The number of nitrogens with zero attached hydrogens (tertiary/aromatic N) is 1. The highest BCUT2D eigenvalue weighted by Gasteiger charge is 2.67. The van der Waals surface area contributed by atoms with Crippen molar-refractivity contribution in [1.29, 1.82) is 0 Å². The zero-order valence-corrected chi connectivity index (χ0v) is 20.9. The standard InChI is InChI=1S/C22H13Cl6N3O2/c23-11-6-10(7-12(24)8-11)17-18(22(17,27)28)21(33)30-13-3-4-15(25)14(9-13)20(32)31-16-2-1-5-29-19(16)26/h1-9,17-18H,(H,30,33)(H,31,32)/t17-,18+/m1/s1. The molecule has 0 spiro atoms. The van der Waals surface area contributed by atoms with Crippen molar-refractivity contribution < 1.29 is 9.59 Å². The molecule has 0 unspecified atom stereocenters. The third-order valence-corrected chi connectivity index (χ3v) is 7.07. The van der Waals surface area contributed by atoms with Crippen molar-refractivity contribution in [2.24, 2.45) is 5.92 Å². The molecule has 1 saturated carbocycles. The van der Waals surface area contributed by atoms with E-state index in [1.807, 2.05) is 0 Å². The molecular formula is C22H13Cl6N3O2. The summed E-state index contributed by atoms with van der Waals surface area (Å²) >= 11 is 37.1. The number of halogens is 6. The Labute approximate surface area is 219 Å². The summed E-state index contributed by atoms with van der Waals surface area (Å²) in [4.78, 5) is 29.6. The van der Waals surface area contributed by atoms with Crippen molar-refractivity contribution in [3.63, 3.8) is 0 Å². The molecule has 3 aromatic rings. The smallest absolute Gasteiger partial charge is 0.257 e. The molecule has 1 aliphatic rings. The van der Waals surface area contributed by atoms with Crippen molar-refractivity contribution in [3.05, 3.63) is 86.1 Å². The number of nitrogens with one attached hydrogen (secondary N) is 2. The maximum Gasteiger partial charge on any atom is 0.257 e. The zero-order valence-electron chi connectivity index (χ0n) is 16.4. The Balaban J connectivity index is 1.52. The quantitative estimate of drug-likeness (QED) is 0.250. The van der Waals surface area contributed by atoms with E-state index in [0.717, 1.165) is 0 Å². The molecule has 1 heterocycles. The lowest BCUT2D eigenvalue weighted by molar-refractivity contribution is -0.117. The summed E-state index contributed by atoms with van der Waals surface area (Å²) in [5, 5.41) is 6.52. The minimum Gasteiger partial charge on any atom is -0.326 e. The predicted octanol–water partition coefficient (Wildman–Crippen LogP) is 7.47. The average Bonchev–Trinajstić information content (AvgIpc) is 3.32. The molecule has 2 amide bonds. The Kier molecular flexibility index (Phi) is 7.02. The maximum atomic E-state index is 12.9. The topological polar surface area (TPSA) is 71.1 Å². The SMILES string of the molecule is O=C(Nc1cccnc1Cl)c1cc(NC(=O)[C@@H]2[C@@H](c3cc(Cl)cc(Cl)c3)C2(Cl)Cl)ccc1Cl. The van der Waals surface area contributed by atoms with E-state index in [2.05, 4.69) is 15.6 Å². The van der Waals surface area contributed by atoms with Crippen LogP contribution >= 0.6 is 69.6 Å². The van der Waals surface area contributed by atoms with E-state index in [1.165, 1.54) is 18.3 Å². The van der Waals surface area contributed by atoms with Crippen LogP contribution in [0.3, 0.4) is 0 Å². The van der Waals surface area contributed by atoms with Crippen molar-refractivity contribution in [2.75, 3.05) is 10.6 Å². The third kappa shape index (κ3) is 5.19. The van der Waals surface area contributed by atoms with E-state index in [0.29, 0.717) is 27.0 Å². The fourth-order valence-corrected chi connectivity index (χ4v) is 5.23. The first-order chi connectivity index (χ1) is 15.6. The van der Waals surface area contributed by atoms with Gasteiger partial charge in [-0.15, -0.1) is 23.2 Å². The summed E-state index contributed by atoms with van der Waals surface area (Å²) < 4.78 is -1.33. The van der Waals surface area contributed by atoms with Crippen LogP contribution in [0, 0.1) is 5.92 Å². The van der Waals surface area contributed by atoms with Crippen molar-refractivity contribution in [2.45, 2.75) is 10.3 Å². The van der Waals surface area contributed by atoms with E-state index >= 15 is 0 Å².